The largest absolute Gasteiger partial charge is 0.486 e. The van der Waals surface area contributed by atoms with Crippen molar-refractivity contribution in [3.05, 3.63) is 111 Å². The number of fused-ring (bicyclic) bond motifs is 2. The number of benzene rings is 3. The number of hydrogen-bond acceptors (Lipinski definition) is 5. The number of ether oxygens (including phenoxy) is 2. The molecule has 3 heterocycles. The van der Waals surface area contributed by atoms with E-state index >= 15 is 0 Å². The third-order valence-electron chi connectivity index (χ3n) is 6.13. The number of H-pyrrole nitrogens is 1. The van der Waals surface area contributed by atoms with Gasteiger partial charge in [0.25, 0.3) is 5.56 Å². The SMILES string of the molecule is O=c1[nH]c(=O)n(Cc2ccc3c(c2)OCCO3)c2nccc(-c3ccc(-c4ccccc4)cc3)c12. The van der Waals surface area contributed by atoms with Gasteiger partial charge in [0.05, 0.1) is 11.9 Å². The fourth-order valence-corrected chi connectivity index (χ4v) is 4.43. The van der Waals surface area contributed by atoms with Crippen LogP contribution in [0.1, 0.15) is 5.56 Å². The summed E-state index contributed by atoms with van der Waals surface area (Å²) in [6.07, 6.45) is 1.63. The molecule has 7 nitrogen and oxygen atoms in total. The van der Waals surface area contributed by atoms with Crippen molar-refractivity contribution >= 4 is 11.0 Å². The van der Waals surface area contributed by atoms with E-state index in [0.29, 0.717) is 41.3 Å². The highest BCUT2D eigenvalue weighted by Crippen LogP contribution is 2.31. The predicted molar refractivity (Wildman–Crippen MR) is 134 cm³/mol. The van der Waals surface area contributed by atoms with Gasteiger partial charge in [0.2, 0.25) is 0 Å². The summed E-state index contributed by atoms with van der Waals surface area (Å²) in [6.45, 7) is 1.22. The van der Waals surface area contributed by atoms with E-state index in [4.69, 9.17) is 9.47 Å². The monoisotopic (exact) mass is 463 g/mol. The summed E-state index contributed by atoms with van der Waals surface area (Å²) in [5.74, 6) is 1.32. The van der Waals surface area contributed by atoms with Gasteiger partial charge in [0.15, 0.2) is 11.5 Å². The van der Waals surface area contributed by atoms with E-state index in [0.717, 1.165) is 22.3 Å². The molecule has 6 rings (SSSR count). The van der Waals surface area contributed by atoms with E-state index < -0.39 is 11.2 Å². The Hall–Kier alpha value is -4.65. The molecule has 0 bridgehead atoms. The Morgan fingerprint density at radius 3 is 2.31 bits per heavy atom. The topological polar surface area (TPSA) is 86.2 Å². The third kappa shape index (κ3) is 3.87. The van der Waals surface area contributed by atoms with Crippen LogP contribution in [0, 0.1) is 0 Å². The standard InChI is InChI=1S/C28H21N3O4/c32-27-25-22(21-9-7-20(8-10-21)19-4-2-1-3-5-19)12-13-29-26(25)31(28(33)30-27)17-18-6-11-23-24(16-18)35-15-14-34-23/h1-13,16H,14-15,17H2,(H,30,32,33). The summed E-state index contributed by atoms with van der Waals surface area (Å²) in [5.41, 5.74) is 3.98. The molecular weight excluding hydrogens is 442 g/mol. The summed E-state index contributed by atoms with van der Waals surface area (Å²) < 4.78 is 12.7. The van der Waals surface area contributed by atoms with Crippen LogP contribution in [0.3, 0.4) is 0 Å². The second-order valence-corrected chi connectivity index (χ2v) is 8.32. The number of aromatic nitrogens is 3. The van der Waals surface area contributed by atoms with Gasteiger partial charge in [-0.25, -0.2) is 9.78 Å². The number of nitrogens with zero attached hydrogens (tertiary/aromatic N) is 2. The lowest BCUT2D eigenvalue weighted by Gasteiger charge is -2.19. The van der Waals surface area contributed by atoms with Crippen LogP contribution in [0.5, 0.6) is 11.5 Å². The van der Waals surface area contributed by atoms with Crippen molar-refractivity contribution in [1.82, 2.24) is 14.5 Å². The van der Waals surface area contributed by atoms with E-state index in [1.807, 2.05) is 60.7 Å². The van der Waals surface area contributed by atoms with Gasteiger partial charge >= 0.3 is 5.69 Å². The quantitative estimate of drug-likeness (QED) is 0.431. The Balaban J connectivity index is 1.43. The van der Waals surface area contributed by atoms with Gasteiger partial charge in [0.1, 0.15) is 18.9 Å². The molecule has 0 unspecified atom stereocenters. The van der Waals surface area contributed by atoms with Crippen molar-refractivity contribution in [1.29, 1.82) is 0 Å². The highest BCUT2D eigenvalue weighted by Gasteiger charge is 2.16. The molecule has 35 heavy (non-hydrogen) atoms. The van der Waals surface area contributed by atoms with Crippen LogP contribution in [0.2, 0.25) is 0 Å². The number of pyridine rings is 1. The van der Waals surface area contributed by atoms with Crippen molar-refractivity contribution in [2.24, 2.45) is 0 Å². The zero-order chi connectivity index (χ0) is 23.8. The maximum atomic E-state index is 12.9. The number of rotatable bonds is 4. The van der Waals surface area contributed by atoms with Crippen LogP contribution in [-0.4, -0.2) is 27.7 Å². The third-order valence-corrected chi connectivity index (χ3v) is 6.13. The average Bonchev–Trinajstić information content (AvgIpc) is 2.91. The predicted octanol–water partition coefficient (Wildman–Crippen LogP) is 4.24. The Bertz CT molecular complexity index is 1650. The molecule has 1 N–H and O–H groups in total. The summed E-state index contributed by atoms with van der Waals surface area (Å²) in [5, 5.41) is 0.372. The highest BCUT2D eigenvalue weighted by molar-refractivity contribution is 5.92. The molecule has 0 radical (unpaired) electrons. The lowest BCUT2D eigenvalue weighted by atomic mass is 9.99. The molecule has 0 saturated heterocycles. The first-order chi connectivity index (χ1) is 17.2. The fraction of sp³-hybridized carbons (Fsp3) is 0.107. The smallest absolute Gasteiger partial charge is 0.330 e. The number of aromatic amines is 1. The summed E-state index contributed by atoms with van der Waals surface area (Å²) in [7, 11) is 0. The van der Waals surface area contributed by atoms with Gasteiger partial charge in [-0.05, 0) is 46.0 Å². The molecule has 0 fully saturated rings. The van der Waals surface area contributed by atoms with Gasteiger partial charge in [-0.2, -0.15) is 0 Å². The van der Waals surface area contributed by atoms with Gasteiger partial charge in [-0.1, -0.05) is 60.7 Å². The molecule has 7 heteroatoms. The first kappa shape index (κ1) is 20.9. The minimum Gasteiger partial charge on any atom is -0.486 e. The van der Waals surface area contributed by atoms with Crippen LogP contribution >= 0.6 is 0 Å². The van der Waals surface area contributed by atoms with Crippen LogP contribution in [0.4, 0.5) is 0 Å². The van der Waals surface area contributed by atoms with Crippen molar-refractivity contribution in [3.8, 4) is 33.8 Å². The molecular formula is C28H21N3O4. The Labute approximate surface area is 200 Å². The summed E-state index contributed by atoms with van der Waals surface area (Å²) >= 11 is 0. The first-order valence-corrected chi connectivity index (χ1v) is 11.3. The zero-order valence-corrected chi connectivity index (χ0v) is 18.7. The van der Waals surface area contributed by atoms with E-state index in [-0.39, 0.29) is 6.54 Å². The normalized spacial score (nSPS) is 12.6. The minimum absolute atomic E-state index is 0.228. The average molecular weight is 463 g/mol. The lowest BCUT2D eigenvalue weighted by Crippen LogP contribution is -2.31. The Morgan fingerprint density at radius 1 is 0.800 bits per heavy atom. The molecule has 0 spiro atoms. The van der Waals surface area contributed by atoms with Crippen LogP contribution < -0.4 is 20.7 Å². The molecule has 0 atom stereocenters. The second-order valence-electron chi connectivity index (χ2n) is 8.32. The number of hydrogen-bond donors (Lipinski definition) is 1. The van der Waals surface area contributed by atoms with Gasteiger partial charge < -0.3 is 9.47 Å². The fourth-order valence-electron chi connectivity index (χ4n) is 4.43. The summed E-state index contributed by atoms with van der Waals surface area (Å²) in [6, 6.07) is 25.5. The first-order valence-electron chi connectivity index (χ1n) is 11.3. The molecule has 2 aromatic heterocycles. The maximum absolute atomic E-state index is 12.9. The van der Waals surface area contributed by atoms with Crippen LogP contribution in [0.15, 0.2) is 94.6 Å². The van der Waals surface area contributed by atoms with E-state index in [1.54, 1.807) is 12.3 Å². The molecule has 1 aliphatic rings. The molecule has 5 aromatic rings. The molecule has 172 valence electrons. The van der Waals surface area contributed by atoms with Crippen molar-refractivity contribution < 1.29 is 9.47 Å². The second kappa shape index (κ2) is 8.61. The molecule has 3 aromatic carbocycles. The summed E-state index contributed by atoms with van der Waals surface area (Å²) in [4.78, 5) is 32.6. The van der Waals surface area contributed by atoms with E-state index in [1.165, 1.54) is 4.57 Å². The van der Waals surface area contributed by atoms with E-state index in [2.05, 4.69) is 22.1 Å². The Kier molecular flexibility index (Phi) is 5.15. The van der Waals surface area contributed by atoms with Gasteiger partial charge in [-0.3, -0.25) is 14.3 Å². The minimum atomic E-state index is -0.513. The van der Waals surface area contributed by atoms with Crippen molar-refractivity contribution in [2.45, 2.75) is 6.54 Å². The molecule has 0 amide bonds. The Morgan fingerprint density at radius 2 is 1.51 bits per heavy atom. The number of nitrogens with one attached hydrogen (secondary N) is 1. The lowest BCUT2D eigenvalue weighted by molar-refractivity contribution is 0.171. The van der Waals surface area contributed by atoms with E-state index in [9.17, 15) is 9.59 Å². The maximum Gasteiger partial charge on any atom is 0.330 e. The van der Waals surface area contributed by atoms with Crippen LogP contribution in [-0.2, 0) is 6.54 Å². The highest BCUT2D eigenvalue weighted by atomic mass is 16.6. The molecule has 1 aliphatic heterocycles. The van der Waals surface area contributed by atoms with Gasteiger partial charge in [0, 0.05) is 6.20 Å². The molecule has 0 saturated carbocycles. The van der Waals surface area contributed by atoms with Gasteiger partial charge in [-0.15, -0.1) is 0 Å². The van der Waals surface area contributed by atoms with Crippen LogP contribution in [0.25, 0.3) is 33.3 Å². The molecule has 0 aliphatic carbocycles. The van der Waals surface area contributed by atoms with Crippen molar-refractivity contribution in [3.63, 3.8) is 0 Å². The zero-order valence-electron chi connectivity index (χ0n) is 18.7. The van der Waals surface area contributed by atoms with Crippen molar-refractivity contribution in [2.75, 3.05) is 13.2 Å².